The molecule has 4 heteroatoms. The molecule has 1 aromatic rings. The molecular weight excluding hydrogens is 278 g/mol. The average molecular weight is 303 g/mol. The number of carbonyl (C=O) groups is 2. The van der Waals surface area contributed by atoms with Crippen molar-refractivity contribution < 1.29 is 14.3 Å². The van der Waals surface area contributed by atoms with Crippen LogP contribution in [-0.2, 0) is 16.0 Å². The van der Waals surface area contributed by atoms with Gasteiger partial charge in [0.1, 0.15) is 11.5 Å². The van der Waals surface area contributed by atoms with Gasteiger partial charge in [0.2, 0.25) is 5.91 Å². The monoisotopic (exact) mass is 303 g/mol. The van der Waals surface area contributed by atoms with Crippen molar-refractivity contribution in [1.82, 2.24) is 4.90 Å². The SMILES string of the molecule is CCC(=O)C1CCN(C(=O)CCc2cccc(OC)c2)CC1. The average Bonchev–Trinajstić information content (AvgIpc) is 2.59. The summed E-state index contributed by atoms with van der Waals surface area (Å²) in [4.78, 5) is 25.9. The van der Waals surface area contributed by atoms with Gasteiger partial charge in [0.15, 0.2) is 0 Å². The molecule has 0 spiro atoms. The molecule has 0 bridgehead atoms. The number of Topliss-reactive ketones (excluding diaryl/α,β-unsaturated/α-hetero) is 1. The predicted molar refractivity (Wildman–Crippen MR) is 85.9 cm³/mol. The summed E-state index contributed by atoms with van der Waals surface area (Å²) in [6.07, 6.45) is 3.48. The van der Waals surface area contributed by atoms with Crippen LogP contribution in [0.15, 0.2) is 24.3 Å². The number of aryl methyl sites for hydroxylation is 1. The van der Waals surface area contributed by atoms with Gasteiger partial charge in [0.05, 0.1) is 7.11 Å². The highest BCUT2D eigenvalue weighted by atomic mass is 16.5. The van der Waals surface area contributed by atoms with Crippen molar-refractivity contribution >= 4 is 11.7 Å². The molecule has 0 saturated carbocycles. The topological polar surface area (TPSA) is 46.6 Å². The Balaban J connectivity index is 1.79. The first-order valence-corrected chi connectivity index (χ1v) is 8.07. The highest BCUT2D eigenvalue weighted by molar-refractivity contribution is 5.81. The Morgan fingerprint density at radius 1 is 1.27 bits per heavy atom. The second kappa shape index (κ2) is 7.97. The maximum absolute atomic E-state index is 12.3. The summed E-state index contributed by atoms with van der Waals surface area (Å²) < 4.78 is 5.20. The van der Waals surface area contributed by atoms with Crippen LogP contribution in [0.2, 0.25) is 0 Å². The quantitative estimate of drug-likeness (QED) is 0.812. The number of amides is 1. The number of nitrogens with zero attached hydrogens (tertiary/aromatic N) is 1. The van der Waals surface area contributed by atoms with Crippen molar-refractivity contribution in [3.8, 4) is 5.75 Å². The highest BCUT2D eigenvalue weighted by Gasteiger charge is 2.25. The molecule has 22 heavy (non-hydrogen) atoms. The van der Waals surface area contributed by atoms with Crippen LogP contribution in [0.1, 0.15) is 38.2 Å². The smallest absolute Gasteiger partial charge is 0.222 e. The molecule has 1 fully saturated rings. The number of hydrogen-bond donors (Lipinski definition) is 0. The van der Waals surface area contributed by atoms with Crippen LogP contribution in [0.4, 0.5) is 0 Å². The lowest BCUT2D eigenvalue weighted by atomic mass is 9.91. The molecule has 1 amide bonds. The van der Waals surface area contributed by atoms with E-state index in [1.54, 1.807) is 7.11 Å². The summed E-state index contributed by atoms with van der Waals surface area (Å²) in [7, 11) is 1.64. The molecule has 0 atom stereocenters. The van der Waals surface area contributed by atoms with Gasteiger partial charge in [-0.25, -0.2) is 0 Å². The minimum atomic E-state index is 0.160. The number of piperidine rings is 1. The van der Waals surface area contributed by atoms with Crippen LogP contribution < -0.4 is 4.74 Å². The lowest BCUT2D eigenvalue weighted by Gasteiger charge is -2.31. The molecule has 4 nitrogen and oxygen atoms in total. The first-order chi connectivity index (χ1) is 10.6. The van der Waals surface area contributed by atoms with E-state index < -0.39 is 0 Å². The number of methoxy groups -OCH3 is 1. The molecule has 1 aliphatic heterocycles. The van der Waals surface area contributed by atoms with E-state index in [2.05, 4.69) is 0 Å². The summed E-state index contributed by atoms with van der Waals surface area (Å²) in [5.74, 6) is 1.50. The van der Waals surface area contributed by atoms with Gasteiger partial charge in [-0.1, -0.05) is 19.1 Å². The Kier molecular flexibility index (Phi) is 5.99. The minimum Gasteiger partial charge on any atom is -0.497 e. The first-order valence-electron chi connectivity index (χ1n) is 8.07. The van der Waals surface area contributed by atoms with Gasteiger partial charge in [-0.2, -0.15) is 0 Å². The van der Waals surface area contributed by atoms with Gasteiger partial charge in [-0.3, -0.25) is 9.59 Å². The molecule has 120 valence electrons. The molecule has 0 aliphatic carbocycles. The Morgan fingerprint density at radius 2 is 2.00 bits per heavy atom. The molecule has 1 aromatic carbocycles. The van der Waals surface area contributed by atoms with Gasteiger partial charge in [0.25, 0.3) is 0 Å². The maximum atomic E-state index is 12.3. The first kappa shape index (κ1) is 16.5. The summed E-state index contributed by atoms with van der Waals surface area (Å²) in [6, 6.07) is 7.84. The second-order valence-electron chi connectivity index (χ2n) is 5.83. The summed E-state index contributed by atoms with van der Waals surface area (Å²) in [5, 5.41) is 0. The third-order valence-corrected chi connectivity index (χ3v) is 4.41. The van der Waals surface area contributed by atoms with E-state index in [9.17, 15) is 9.59 Å². The molecule has 0 unspecified atom stereocenters. The Bertz CT molecular complexity index is 519. The lowest BCUT2D eigenvalue weighted by molar-refractivity contribution is -0.135. The predicted octanol–water partition coefficient (Wildman–Crippen LogP) is 2.85. The Labute approximate surface area is 132 Å². The second-order valence-corrected chi connectivity index (χ2v) is 5.83. The van der Waals surface area contributed by atoms with E-state index in [0.717, 1.165) is 30.6 Å². The molecular formula is C18H25NO3. The standard InChI is InChI=1S/C18H25NO3/c1-3-17(20)15-9-11-19(12-10-15)18(21)8-7-14-5-4-6-16(13-14)22-2/h4-6,13,15H,3,7-12H2,1-2H3. The zero-order valence-corrected chi connectivity index (χ0v) is 13.5. The van der Waals surface area contributed by atoms with E-state index >= 15 is 0 Å². The lowest BCUT2D eigenvalue weighted by Crippen LogP contribution is -2.40. The molecule has 0 N–H and O–H groups in total. The van der Waals surface area contributed by atoms with Gasteiger partial charge in [-0.05, 0) is 37.0 Å². The zero-order valence-electron chi connectivity index (χ0n) is 13.5. The Morgan fingerprint density at radius 3 is 2.64 bits per heavy atom. The normalized spacial score (nSPS) is 15.6. The fraction of sp³-hybridized carbons (Fsp3) is 0.556. The van der Waals surface area contributed by atoms with Crippen LogP contribution in [0, 0.1) is 5.92 Å². The van der Waals surface area contributed by atoms with Gasteiger partial charge in [0, 0.05) is 31.8 Å². The third kappa shape index (κ3) is 4.33. The van der Waals surface area contributed by atoms with Gasteiger partial charge in [-0.15, -0.1) is 0 Å². The largest absolute Gasteiger partial charge is 0.497 e. The zero-order chi connectivity index (χ0) is 15.9. The Hall–Kier alpha value is -1.84. The molecule has 1 aliphatic rings. The van der Waals surface area contributed by atoms with Crippen molar-refractivity contribution in [2.45, 2.75) is 39.0 Å². The number of ketones is 1. The number of likely N-dealkylation sites (tertiary alicyclic amines) is 1. The van der Waals surface area contributed by atoms with E-state index in [4.69, 9.17) is 4.74 Å². The third-order valence-electron chi connectivity index (χ3n) is 4.41. The summed E-state index contributed by atoms with van der Waals surface area (Å²) in [5.41, 5.74) is 1.11. The van der Waals surface area contributed by atoms with Crippen LogP contribution in [0.5, 0.6) is 5.75 Å². The summed E-state index contributed by atoms with van der Waals surface area (Å²) >= 11 is 0. The molecule has 1 saturated heterocycles. The van der Waals surface area contributed by atoms with Crippen molar-refractivity contribution in [1.29, 1.82) is 0 Å². The number of benzene rings is 1. The number of carbonyl (C=O) groups excluding carboxylic acids is 2. The van der Waals surface area contributed by atoms with Crippen LogP contribution >= 0.6 is 0 Å². The number of hydrogen-bond acceptors (Lipinski definition) is 3. The number of ether oxygens (including phenoxy) is 1. The molecule has 0 aromatic heterocycles. The van der Waals surface area contributed by atoms with Crippen LogP contribution in [-0.4, -0.2) is 36.8 Å². The van der Waals surface area contributed by atoms with E-state index in [1.807, 2.05) is 36.1 Å². The molecule has 1 heterocycles. The van der Waals surface area contributed by atoms with Crippen molar-refractivity contribution in [2.75, 3.05) is 20.2 Å². The number of rotatable bonds is 6. The van der Waals surface area contributed by atoms with Gasteiger partial charge >= 0.3 is 0 Å². The van der Waals surface area contributed by atoms with Crippen molar-refractivity contribution in [3.63, 3.8) is 0 Å². The van der Waals surface area contributed by atoms with Crippen molar-refractivity contribution in [3.05, 3.63) is 29.8 Å². The molecule has 2 rings (SSSR count). The van der Waals surface area contributed by atoms with E-state index in [-0.39, 0.29) is 11.8 Å². The van der Waals surface area contributed by atoms with Crippen molar-refractivity contribution in [2.24, 2.45) is 5.92 Å². The molecule has 0 radical (unpaired) electrons. The van der Waals surface area contributed by atoms with Crippen LogP contribution in [0.3, 0.4) is 0 Å². The van der Waals surface area contributed by atoms with Gasteiger partial charge < -0.3 is 9.64 Å². The summed E-state index contributed by atoms with van der Waals surface area (Å²) in [6.45, 7) is 3.34. The fourth-order valence-electron chi connectivity index (χ4n) is 2.98. The van der Waals surface area contributed by atoms with Crippen LogP contribution in [0.25, 0.3) is 0 Å². The highest BCUT2D eigenvalue weighted by Crippen LogP contribution is 2.20. The minimum absolute atomic E-state index is 0.160. The maximum Gasteiger partial charge on any atom is 0.222 e. The van der Waals surface area contributed by atoms with E-state index in [1.165, 1.54) is 0 Å². The fourth-order valence-corrected chi connectivity index (χ4v) is 2.98. The van der Waals surface area contributed by atoms with E-state index in [0.29, 0.717) is 31.7 Å².